The molecule has 0 aliphatic carbocycles. The number of rotatable bonds is 4. The maximum absolute atomic E-state index is 9.63. The molecule has 21 heavy (non-hydrogen) atoms. The van der Waals surface area contributed by atoms with E-state index in [1.807, 2.05) is 55.4 Å². The van der Waals surface area contributed by atoms with E-state index < -0.39 is 0 Å². The molecule has 5 heteroatoms. The van der Waals surface area contributed by atoms with Crippen molar-refractivity contribution in [2.75, 3.05) is 26.4 Å². The van der Waals surface area contributed by atoms with Crippen molar-refractivity contribution >= 4 is 0 Å². The first-order chi connectivity index (χ1) is 9.08. The zero-order valence-electron chi connectivity index (χ0n) is 15.3. The van der Waals surface area contributed by atoms with E-state index in [1.165, 1.54) is 0 Å². The first-order valence-corrected chi connectivity index (χ1v) is 7.41. The van der Waals surface area contributed by atoms with Crippen molar-refractivity contribution < 1.29 is 46.3 Å². The summed E-state index contributed by atoms with van der Waals surface area (Å²) in [7, 11) is 0. The Balaban J connectivity index is -0.0000000533. The molecule has 0 aromatic rings. The van der Waals surface area contributed by atoms with Gasteiger partial charge < -0.3 is 20.4 Å². The first-order valence-electron chi connectivity index (χ1n) is 7.41. The van der Waals surface area contributed by atoms with Gasteiger partial charge in [-0.3, -0.25) is 0 Å². The Labute approximate surface area is 151 Å². The monoisotopic (exact) mass is 472 g/mol. The summed E-state index contributed by atoms with van der Waals surface area (Å²) in [4.78, 5) is 0. The van der Waals surface area contributed by atoms with Gasteiger partial charge in [-0.25, -0.2) is 0 Å². The van der Waals surface area contributed by atoms with Crippen LogP contribution in [0.5, 0.6) is 0 Å². The minimum Gasteiger partial charge on any atom is -0.854 e. The SMILES string of the molecule is CC(C)C[O-].CC(C)C[O-].CC(C)C[O-].CC(C)C[O-].[Hf+4]. The molecule has 0 unspecified atom stereocenters. The molecule has 0 bridgehead atoms. The number of hydrogen-bond acceptors (Lipinski definition) is 4. The van der Waals surface area contributed by atoms with Crippen molar-refractivity contribution in [3.63, 3.8) is 0 Å². The van der Waals surface area contributed by atoms with Crippen LogP contribution in [-0.4, -0.2) is 26.4 Å². The smallest absolute Gasteiger partial charge is 0.854 e. The Morgan fingerprint density at radius 1 is 0.429 bits per heavy atom. The Kier molecular flexibility index (Phi) is 45.8. The third-order valence-corrected chi connectivity index (χ3v) is 1.33. The number of hydrogen-bond donors (Lipinski definition) is 0. The van der Waals surface area contributed by atoms with Crippen LogP contribution >= 0.6 is 0 Å². The van der Waals surface area contributed by atoms with Crippen LogP contribution in [0.25, 0.3) is 0 Å². The van der Waals surface area contributed by atoms with Crippen molar-refractivity contribution in [3.05, 3.63) is 0 Å². The molecule has 0 saturated heterocycles. The molecule has 0 N–H and O–H groups in total. The molecule has 0 spiro atoms. The maximum atomic E-state index is 9.63. The summed E-state index contributed by atoms with van der Waals surface area (Å²) < 4.78 is 0. The topological polar surface area (TPSA) is 92.2 Å². The molecule has 0 rings (SSSR count). The van der Waals surface area contributed by atoms with E-state index in [4.69, 9.17) is 0 Å². The molecule has 0 atom stereocenters. The summed E-state index contributed by atoms with van der Waals surface area (Å²) in [5.41, 5.74) is 0. The van der Waals surface area contributed by atoms with Gasteiger partial charge in [0, 0.05) is 0 Å². The molecule has 0 aromatic heterocycles. The van der Waals surface area contributed by atoms with Gasteiger partial charge in [0.2, 0.25) is 0 Å². The molecule has 0 heterocycles. The van der Waals surface area contributed by atoms with Gasteiger partial charge in [-0.15, -0.1) is 26.4 Å². The second kappa shape index (κ2) is 28.8. The normalized spacial score (nSPS) is 9.14. The molecular weight excluding hydrogens is 435 g/mol. The van der Waals surface area contributed by atoms with Crippen molar-refractivity contribution in [2.24, 2.45) is 23.7 Å². The molecular formula is C16H36HfO4. The van der Waals surface area contributed by atoms with E-state index in [0.29, 0.717) is 23.7 Å². The van der Waals surface area contributed by atoms with E-state index in [1.54, 1.807) is 0 Å². The van der Waals surface area contributed by atoms with Gasteiger partial charge in [-0.1, -0.05) is 79.1 Å². The molecule has 0 saturated carbocycles. The first kappa shape index (κ1) is 33.3. The summed E-state index contributed by atoms with van der Waals surface area (Å²) >= 11 is 0. The van der Waals surface area contributed by atoms with E-state index >= 15 is 0 Å². The van der Waals surface area contributed by atoms with Crippen LogP contribution in [0.1, 0.15) is 55.4 Å². The van der Waals surface area contributed by atoms with Crippen molar-refractivity contribution in [1.29, 1.82) is 0 Å². The molecule has 0 amide bonds. The summed E-state index contributed by atoms with van der Waals surface area (Å²) in [5, 5.41) is 38.5. The quantitative estimate of drug-likeness (QED) is 0.541. The van der Waals surface area contributed by atoms with Crippen molar-refractivity contribution in [1.82, 2.24) is 0 Å². The Bertz CT molecular complexity index is 108. The Morgan fingerprint density at radius 3 is 0.476 bits per heavy atom. The van der Waals surface area contributed by atoms with E-state index in [0.717, 1.165) is 0 Å². The van der Waals surface area contributed by atoms with Gasteiger partial charge in [0.15, 0.2) is 0 Å². The van der Waals surface area contributed by atoms with Gasteiger partial charge >= 0.3 is 25.8 Å². The fraction of sp³-hybridized carbons (Fsp3) is 1.00. The van der Waals surface area contributed by atoms with Crippen LogP contribution < -0.4 is 20.4 Å². The molecule has 128 valence electrons. The third-order valence-electron chi connectivity index (χ3n) is 1.33. The van der Waals surface area contributed by atoms with E-state index in [2.05, 4.69) is 0 Å². The summed E-state index contributed by atoms with van der Waals surface area (Å²) in [6.07, 6.45) is 0. The van der Waals surface area contributed by atoms with E-state index in [-0.39, 0.29) is 52.3 Å². The van der Waals surface area contributed by atoms with Crippen molar-refractivity contribution in [3.8, 4) is 0 Å². The van der Waals surface area contributed by atoms with Crippen LogP contribution in [0.4, 0.5) is 0 Å². The third kappa shape index (κ3) is 95.6. The Hall–Kier alpha value is 0.710. The molecule has 0 radical (unpaired) electrons. The standard InChI is InChI=1S/4C4H9O.Hf/c4*1-4(2)3-5;/h4*4H,3H2,1-2H3;/q4*-1;+4. The Morgan fingerprint density at radius 2 is 0.476 bits per heavy atom. The minimum atomic E-state index is 0. The van der Waals surface area contributed by atoms with Crippen LogP contribution in [-0.2, 0) is 25.8 Å². The molecule has 0 aliphatic rings. The second-order valence-electron chi connectivity index (χ2n) is 6.24. The predicted octanol–water partition coefficient (Wildman–Crippen LogP) is 0.00830. The van der Waals surface area contributed by atoms with Gasteiger partial charge in [-0.05, 0) is 0 Å². The predicted molar refractivity (Wildman–Crippen MR) is 78.8 cm³/mol. The van der Waals surface area contributed by atoms with Gasteiger partial charge in [0.05, 0.1) is 0 Å². The van der Waals surface area contributed by atoms with Crippen LogP contribution in [0.15, 0.2) is 0 Å². The molecule has 4 nitrogen and oxygen atoms in total. The molecule has 0 fully saturated rings. The zero-order chi connectivity index (χ0) is 17.1. The van der Waals surface area contributed by atoms with E-state index in [9.17, 15) is 20.4 Å². The van der Waals surface area contributed by atoms with Crippen LogP contribution in [0.2, 0.25) is 0 Å². The van der Waals surface area contributed by atoms with Crippen LogP contribution in [0, 0.1) is 23.7 Å². The van der Waals surface area contributed by atoms with Gasteiger partial charge in [0.25, 0.3) is 0 Å². The van der Waals surface area contributed by atoms with Crippen molar-refractivity contribution in [2.45, 2.75) is 55.4 Å². The minimum absolute atomic E-state index is 0. The fourth-order valence-electron chi connectivity index (χ4n) is 0. The fourth-order valence-corrected chi connectivity index (χ4v) is 0. The maximum Gasteiger partial charge on any atom is 4.00 e. The average Bonchev–Trinajstić information content (AvgIpc) is 2.40. The summed E-state index contributed by atoms with van der Waals surface area (Å²) in [6, 6.07) is 0. The zero-order valence-corrected chi connectivity index (χ0v) is 18.9. The molecule has 0 aromatic carbocycles. The second-order valence-corrected chi connectivity index (χ2v) is 6.24. The van der Waals surface area contributed by atoms with Crippen LogP contribution in [0.3, 0.4) is 0 Å². The summed E-state index contributed by atoms with van der Waals surface area (Å²) in [6.45, 7) is 15.5. The molecule has 0 aliphatic heterocycles. The van der Waals surface area contributed by atoms with Gasteiger partial charge in [-0.2, -0.15) is 0 Å². The average molecular weight is 471 g/mol. The largest absolute Gasteiger partial charge is 4.00 e. The summed E-state index contributed by atoms with van der Waals surface area (Å²) in [5.74, 6) is 1.31. The van der Waals surface area contributed by atoms with Gasteiger partial charge in [0.1, 0.15) is 0 Å².